The zero-order valence-electron chi connectivity index (χ0n) is 11.1. The number of piperidine rings is 1. The first-order valence-electron chi connectivity index (χ1n) is 6.54. The van der Waals surface area contributed by atoms with Crippen molar-refractivity contribution < 1.29 is 0 Å². The molecule has 90 valence electrons. The van der Waals surface area contributed by atoms with Gasteiger partial charge in [-0.1, -0.05) is 20.8 Å². The summed E-state index contributed by atoms with van der Waals surface area (Å²) in [7, 11) is 0. The second kappa shape index (κ2) is 5.86. The van der Waals surface area contributed by atoms with Crippen LogP contribution in [-0.4, -0.2) is 36.1 Å². The standard InChI is InChI=1S/C13H28N2/c1-6-15-8-7-13(9-11(15)4)14-12(5)10(2)3/h10-14H,6-9H2,1-5H3. The third kappa shape index (κ3) is 3.76. The Morgan fingerprint density at radius 1 is 1.33 bits per heavy atom. The monoisotopic (exact) mass is 212 g/mol. The van der Waals surface area contributed by atoms with Gasteiger partial charge in [0.15, 0.2) is 0 Å². The molecule has 3 atom stereocenters. The Labute approximate surface area is 95.4 Å². The molecular weight excluding hydrogens is 184 g/mol. The van der Waals surface area contributed by atoms with Gasteiger partial charge in [-0.25, -0.2) is 0 Å². The molecule has 0 aliphatic carbocycles. The zero-order chi connectivity index (χ0) is 11.4. The Bertz CT molecular complexity index is 179. The lowest BCUT2D eigenvalue weighted by molar-refractivity contribution is 0.135. The number of hydrogen-bond donors (Lipinski definition) is 1. The van der Waals surface area contributed by atoms with Crippen molar-refractivity contribution in [1.82, 2.24) is 10.2 Å². The lowest BCUT2D eigenvalue weighted by Gasteiger charge is -2.39. The van der Waals surface area contributed by atoms with Crippen LogP contribution in [0.4, 0.5) is 0 Å². The molecule has 3 unspecified atom stereocenters. The van der Waals surface area contributed by atoms with Gasteiger partial charge in [-0.3, -0.25) is 0 Å². The van der Waals surface area contributed by atoms with E-state index in [1.54, 1.807) is 0 Å². The van der Waals surface area contributed by atoms with Gasteiger partial charge < -0.3 is 10.2 Å². The lowest BCUT2D eigenvalue weighted by Crippen LogP contribution is -2.50. The van der Waals surface area contributed by atoms with Gasteiger partial charge in [0.2, 0.25) is 0 Å². The van der Waals surface area contributed by atoms with Crippen LogP contribution < -0.4 is 5.32 Å². The number of rotatable bonds is 4. The van der Waals surface area contributed by atoms with Crippen molar-refractivity contribution in [2.24, 2.45) is 5.92 Å². The van der Waals surface area contributed by atoms with Gasteiger partial charge in [-0.2, -0.15) is 0 Å². The van der Waals surface area contributed by atoms with E-state index in [0.29, 0.717) is 6.04 Å². The number of nitrogens with zero attached hydrogens (tertiary/aromatic N) is 1. The molecule has 0 spiro atoms. The van der Waals surface area contributed by atoms with Crippen LogP contribution >= 0.6 is 0 Å². The fraction of sp³-hybridized carbons (Fsp3) is 1.00. The summed E-state index contributed by atoms with van der Waals surface area (Å²) in [6.45, 7) is 14.0. The molecule has 1 rings (SSSR count). The van der Waals surface area contributed by atoms with E-state index in [2.05, 4.69) is 44.8 Å². The number of hydrogen-bond acceptors (Lipinski definition) is 2. The van der Waals surface area contributed by atoms with Crippen LogP contribution in [0.15, 0.2) is 0 Å². The topological polar surface area (TPSA) is 15.3 Å². The van der Waals surface area contributed by atoms with E-state index in [9.17, 15) is 0 Å². The summed E-state index contributed by atoms with van der Waals surface area (Å²) < 4.78 is 0. The highest BCUT2D eigenvalue weighted by Gasteiger charge is 2.25. The Morgan fingerprint density at radius 2 is 2.00 bits per heavy atom. The van der Waals surface area contributed by atoms with Crippen molar-refractivity contribution >= 4 is 0 Å². The quantitative estimate of drug-likeness (QED) is 0.770. The van der Waals surface area contributed by atoms with Gasteiger partial charge >= 0.3 is 0 Å². The van der Waals surface area contributed by atoms with E-state index < -0.39 is 0 Å². The maximum absolute atomic E-state index is 3.77. The van der Waals surface area contributed by atoms with Crippen molar-refractivity contribution in [3.8, 4) is 0 Å². The second-order valence-electron chi connectivity index (χ2n) is 5.40. The molecule has 0 bridgehead atoms. The highest BCUT2D eigenvalue weighted by atomic mass is 15.2. The fourth-order valence-corrected chi connectivity index (χ4v) is 2.41. The third-order valence-corrected chi connectivity index (χ3v) is 3.92. The predicted molar refractivity (Wildman–Crippen MR) is 67.2 cm³/mol. The molecule has 0 aromatic heterocycles. The molecule has 1 saturated heterocycles. The Balaban J connectivity index is 2.34. The average Bonchev–Trinajstić information content (AvgIpc) is 2.18. The summed E-state index contributed by atoms with van der Waals surface area (Å²) >= 11 is 0. The maximum Gasteiger partial charge on any atom is 0.00966 e. The molecule has 2 nitrogen and oxygen atoms in total. The highest BCUT2D eigenvalue weighted by molar-refractivity contribution is 4.84. The van der Waals surface area contributed by atoms with Crippen molar-refractivity contribution in [2.45, 2.75) is 65.6 Å². The van der Waals surface area contributed by atoms with Gasteiger partial charge in [0.1, 0.15) is 0 Å². The van der Waals surface area contributed by atoms with E-state index >= 15 is 0 Å². The average molecular weight is 212 g/mol. The fourth-order valence-electron chi connectivity index (χ4n) is 2.41. The Morgan fingerprint density at radius 3 is 2.47 bits per heavy atom. The summed E-state index contributed by atoms with van der Waals surface area (Å²) in [5, 5.41) is 3.77. The van der Waals surface area contributed by atoms with Gasteiger partial charge in [0.25, 0.3) is 0 Å². The molecule has 0 amide bonds. The van der Waals surface area contributed by atoms with Gasteiger partial charge in [-0.15, -0.1) is 0 Å². The predicted octanol–water partition coefficient (Wildman–Crippen LogP) is 2.49. The first-order valence-corrected chi connectivity index (χ1v) is 6.54. The zero-order valence-corrected chi connectivity index (χ0v) is 11.1. The van der Waals surface area contributed by atoms with Crippen molar-refractivity contribution in [2.75, 3.05) is 13.1 Å². The molecule has 1 aliphatic heterocycles. The van der Waals surface area contributed by atoms with Crippen LogP contribution in [0.1, 0.15) is 47.5 Å². The molecule has 0 radical (unpaired) electrons. The molecule has 0 aromatic rings. The first kappa shape index (κ1) is 13.0. The lowest BCUT2D eigenvalue weighted by atomic mass is 9.96. The molecule has 15 heavy (non-hydrogen) atoms. The van der Waals surface area contributed by atoms with E-state index in [1.165, 1.54) is 25.9 Å². The SMILES string of the molecule is CCN1CCC(NC(C)C(C)C)CC1C. The Kier molecular flexibility index (Phi) is 5.07. The summed E-state index contributed by atoms with van der Waals surface area (Å²) in [6, 6.07) is 2.14. The number of nitrogens with one attached hydrogen (secondary N) is 1. The van der Waals surface area contributed by atoms with Crippen LogP contribution in [-0.2, 0) is 0 Å². The van der Waals surface area contributed by atoms with E-state index in [1.807, 2.05) is 0 Å². The van der Waals surface area contributed by atoms with E-state index in [4.69, 9.17) is 0 Å². The summed E-state index contributed by atoms with van der Waals surface area (Å²) in [5.74, 6) is 0.740. The second-order valence-corrected chi connectivity index (χ2v) is 5.40. The summed E-state index contributed by atoms with van der Waals surface area (Å²) in [4.78, 5) is 2.58. The molecule has 2 heteroatoms. The van der Waals surface area contributed by atoms with Crippen LogP contribution in [0.5, 0.6) is 0 Å². The van der Waals surface area contributed by atoms with Crippen LogP contribution in [0.3, 0.4) is 0 Å². The normalized spacial score (nSPS) is 30.8. The smallest absolute Gasteiger partial charge is 0.00966 e. The molecule has 0 saturated carbocycles. The molecular formula is C13H28N2. The van der Waals surface area contributed by atoms with Crippen molar-refractivity contribution in [1.29, 1.82) is 0 Å². The van der Waals surface area contributed by atoms with Crippen LogP contribution in [0, 0.1) is 5.92 Å². The molecule has 1 N–H and O–H groups in total. The van der Waals surface area contributed by atoms with Gasteiger partial charge in [0, 0.05) is 18.1 Å². The Hall–Kier alpha value is -0.0800. The highest BCUT2D eigenvalue weighted by Crippen LogP contribution is 2.18. The summed E-state index contributed by atoms with van der Waals surface area (Å²) in [6.07, 6.45) is 2.63. The molecule has 1 aliphatic rings. The van der Waals surface area contributed by atoms with Crippen molar-refractivity contribution in [3.05, 3.63) is 0 Å². The van der Waals surface area contributed by atoms with E-state index in [-0.39, 0.29) is 0 Å². The van der Waals surface area contributed by atoms with Crippen LogP contribution in [0.2, 0.25) is 0 Å². The maximum atomic E-state index is 3.77. The molecule has 0 aromatic carbocycles. The number of likely N-dealkylation sites (tertiary alicyclic amines) is 1. The van der Waals surface area contributed by atoms with Crippen molar-refractivity contribution in [3.63, 3.8) is 0 Å². The van der Waals surface area contributed by atoms with Gasteiger partial charge in [0.05, 0.1) is 0 Å². The molecule has 1 fully saturated rings. The van der Waals surface area contributed by atoms with Gasteiger partial charge in [-0.05, 0) is 45.7 Å². The first-order chi connectivity index (χ1) is 7.04. The van der Waals surface area contributed by atoms with E-state index in [0.717, 1.165) is 18.0 Å². The largest absolute Gasteiger partial charge is 0.311 e. The molecule has 1 heterocycles. The summed E-state index contributed by atoms with van der Waals surface area (Å²) in [5.41, 5.74) is 0. The minimum absolute atomic E-state index is 0.648. The third-order valence-electron chi connectivity index (χ3n) is 3.92. The minimum Gasteiger partial charge on any atom is -0.311 e. The van der Waals surface area contributed by atoms with Crippen LogP contribution in [0.25, 0.3) is 0 Å². The minimum atomic E-state index is 0.648.